The first-order valence-corrected chi connectivity index (χ1v) is 8.34. The number of para-hydroxylation sites is 1. The molecule has 1 aromatic rings. The van der Waals surface area contributed by atoms with Crippen LogP contribution in [0.2, 0.25) is 0 Å². The van der Waals surface area contributed by atoms with Gasteiger partial charge < -0.3 is 20.1 Å². The number of benzene rings is 1. The monoisotopic (exact) mass is 379 g/mol. The normalized spacial score (nSPS) is 11.7. The second-order valence-electron chi connectivity index (χ2n) is 6.70. The molecule has 1 rings (SSSR count). The molecule has 0 aliphatic heterocycles. The molecule has 4 amide bonds. The summed E-state index contributed by atoms with van der Waals surface area (Å²) in [5.74, 6) is -1.59. The van der Waals surface area contributed by atoms with Gasteiger partial charge in [0, 0.05) is 5.54 Å². The molecule has 9 heteroatoms. The van der Waals surface area contributed by atoms with Crippen molar-refractivity contribution in [3.63, 3.8) is 0 Å². The molecule has 0 aromatic heterocycles. The van der Waals surface area contributed by atoms with E-state index in [0.29, 0.717) is 5.75 Å². The largest absolute Gasteiger partial charge is 0.484 e. The lowest BCUT2D eigenvalue weighted by Crippen LogP contribution is -2.50. The molecule has 1 aromatic carbocycles. The summed E-state index contributed by atoms with van der Waals surface area (Å²) in [6.07, 6.45) is -1.19. The highest BCUT2D eigenvalue weighted by atomic mass is 16.5. The van der Waals surface area contributed by atoms with Crippen LogP contribution in [-0.2, 0) is 19.1 Å². The standard InChI is InChI=1S/C18H25N3O6/c1-12(16(24)20-17(25)21-18(2,3)4)27-15(23)10-19-14(22)11-26-13-8-6-5-7-9-13/h5-9,12H,10-11H2,1-4H3,(H,19,22)(H2,20,21,24,25). The van der Waals surface area contributed by atoms with Gasteiger partial charge in [-0.2, -0.15) is 0 Å². The lowest BCUT2D eigenvalue weighted by molar-refractivity contribution is -0.154. The van der Waals surface area contributed by atoms with Crippen LogP contribution in [0.5, 0.6) is 5.75 Å². The Hall–Kier alpha value is -3.10. The van der Waals surface area contributed by atoms with Crippen molar-refractivity contribution in [3.8, 4) is 5.75 Å². The molecule has 0 aliphatic rings. The number of hydrogen-bond acceptors (Lipinski definition) is 6. The first-order valence-electron chi connectivity index (χ1n) is 8.34. The number of esters is 1. The molecule has 0 fully saturated rings. The third-order valence-electron chi connectivity index (χ3n) is 2.95. The summed E-state index contributed by atoms with van der Waals surface area (Å²) in [5.41, 5.74) is -0.517. The maximum atomic E-state index is 11.8. The Morgan fingerprint density at radius 1 is 1.07 bits per heavy atom. The Bertz CT molecular complexity index is 669. The first-order chi connectivity index (χ1) is 12.6. The van der Waals surface area contributed by atoms with Crippen LogP contribution in [-0.4, -0.2) is 48.6 Å². The third-order valence-corrected chi connectivity index (χ3v) is 2.95. The molecule has 27 heavy (non-hydrogen) atoms. The third kappa shape index (κ3) is 9.83. The smallest absolute Gasteiger partial charge is 0.326 e. The maximum Gasteiger partial charge on any atom is 0.326 e. The Labute approximate surface area is 157 Å². The fraction of sp³-hybridized carbons (Fsp3) is 0.444. The van der Waals surface area contributed by atoms with E-state index in [9.17, 15) is 19.2 Å². The lowest BCUT2D eigenvalue weighted by atomic mass is 10.1. The van der Waals surface area contributed by atoms with Crippen LogP contribution in [0.4, 0.5) is 4.79 Å². The molecule has 0 saturated heterocycles. The number of nitrogens with one attached hydrogen (secondary N) is 3. The highest BCUT2D eigenvalue weighted by Gasteiger charge is 2.22. The highest BCUT2D eigenvalue weighted by molar-refractivity contribution is 5.97. The highest BCUT2D eigenvalue weighted by Crippen LogP contribution is 2.07. The van der Waals surface area contributed by atoms with Crippen molar-refractivity contribution < 1.29 is 28.7 Å². The second kappa shape index (κ2) is 10.1. The minimum atomic E-state index is -1.19. The van der Waals surface area contributed by atoms with Crippen LogP contribution in [0, 0.1) is 0 Å². The van der Waals surface area contributed by atoms with Gasteiger partial charge >= 0.3 is 12.0 Å². The van der Waals surface area contributed by atoms with Crippen LogP contribution in [0.15, 0.2) is 30.3 Å². The van der Waals surface area contributed by atoms with Gasteiger partial charge in [0.25, 0.3) is 11.8 Å². The number of carbonyl (C=O) groups is 4. The number of carbonyl (C=O) groups excluding carboxylic acids is 4. The summed E-state index contributed by atoms with van der Waals surface area (Å²) in [5, 5.41) is 6.93. The van der Waals surface area contributed by atoms with Crippen LogP contribution < -0.4 is 20.7 Å². The predicted molar refractivity (Wildman–Crippen MR) is 96.9 cm³/mol. The van der Waals surface area contributed by atoms with Crippen LogP contribution in [0.1, 0.15) is 27.7 Å². The Balaban J connectivity index is 2.29. The fourth-order valence-electron chi connectivity index (χ4n) is 1.77. The van der Waals surface area contributed by atoms with Crippen molar-refractivity contribution in [2.75, 3.05) is 13.2 Å². The molecule has 0 bridgehead atoms. The van der Waals surface area contributed by atoms with Gasteiger partial charge in [0.1, 0.15) is 12.3 Å². The summed E-state index contributed by atoms with van der Waals surface area (Å²) >= 11 is 0. The molecule has 3 N–H and O–H groups in total. The topological polar surface area (TPSA) is 123 Å². The zero-order valence-electron chi connectivity index (χ0n) is 15.8. The number of rotatable bonds is 7. The van der Waals surface area contributed by atoms with Gasteiger partial charge in [-0.1, -0.05) is 18.2 Å². The molecule has 1 atom stereocenters. The van der Waals surface area contributed by atoms with Gasteiger partial charge in [0.15, 0.2) is 12.7 Å². The van der Waals surface area contributed by atoms with Gasteiger partial charge in [-0.3, -0.25) is 19.7 Å². The Morgan fingerprint density at radius 3 is 2.30 bits per heavy atom. The summed E-state index contributed by atoms with van der Waals surface area (Å²) in [4.78, 5) is 46.8. The van der Waals surface area contributed by atoms with E-state index in [0.717, 1.165) is 0 Å². The van der Waals surface area contributed by atoms with Gasteiger partial charge in [-0.05, 0) is 39.8 Å². The van der Waals surface area contributed by atoms with Crippen molar-refractivity contribution in [3.05, 3.63) is 30.3 Å². The number of urea groups is 1. The van der Waals surface area contributed by atoms with E-state index in [2.05, 4.69) is 16.0 Å². The van der Waals surface area contributed by atoms with E-state index in [1.54, 1.807) is 45.0 Å². The van der Waals surface area contributed by atoms with Crippen LogP contribution in [0.3, 0.4) is 0 Å². The SMILES string of the molecule is CC(OC(=O)CNC(=O)COc1ccccc1)C(=O)NC(=O)NC(C)(C)C. The molecule has 0 saturated carbocycles. The van der Waals surface area contributed by atoms with Gasteiger partial charge in [0.05, 0.1) is 0 Å². The molecule has 0 spiro atoms. The summed E-state index contributed by atoms with van der Waals surface area (Å²) in [7, 11) is 0. The van der Waals surface area contributed by atoms with Crippen molar-refractivity contribution in [2.24, 2.45) is 0 Å². The summed E-state index contributed by atoms with van der Waals surface area (Å²) < 4.78 is 10.1. The average molecular weight is 379 g/mol. The number of hydrogen-bond donors (Lipinski definition) is 3. The van der Waals surface area contributed by atoms with Crippen molar-refractivity contribution in [1.82, 2.24) is 16.0 Å². The minimum absolute atomic E-state index is 0.264. The average Bonchev–Trinajstić information content (AvgIpc) is 2.57. The van der Waals surface area contributed by atoms with Gasteiger partial charge in [-0.15, -0.1) is 0 Å². The fourth-order valence-corrected chi connectivity index (χ4v) is 1.77. The first kappa shape index (κ1) is 21.9. The molecule has 148 valence electrons. The molecule has 0 radical (unpaired) electrons. The second-order valence-corrected chi connectivity index (χ2v) is 6.70. The molecular formula is C18H25N3O6. The molecule has 0 heterocycles. The van der Waals surface area contributed by atoms with Crippen LogP contribution >= 0.6 is 0 Å². The number of amides is 4. The molecule has 9 nitrogen and oxygen atoms in total. The summed E-state index contributed by atoms with van der Waals surface area (Å²) in [6.45, 7) is 5.89. The number of imide groups is 1. The quantitative estimate of drug-likeness (QED) is 0.601. The van der Waals surface area contributed by atoms with Gasteiger partial charge in [0.2, 0.25) is 0 Å². The maximum absolute atomic E-state index is 11.8. The zero-order chi connectivity index (χ0) is 20.4. The van der Waals surface area contributed by atoms with E-state index in [4.69, 9.17) is 9.47 Å². The molecule has 1 unspecified atom stereocenters. The van der Waals surface area contributed by atoms with Crippen molar-refractivity contribution >= 4 is 23.8 Å². The van der Waals surface area contributed by atoms with Crippen molar-refractivity contribution in [2.45, 2.75) is 39.3 Å². The Morgan fingerprint density at radius 2 is 1.70 bits per heavy atom. The zero-order valence-corrected chi connectivity index (χ0v) is 15.8. The molecular weight excluding hydrogens is 354 g/mol. The predicted octanol–water partition coefficient (Wildman–Crippen LogP) is 0.738. The van der Waals surface area contributed by atoms with E-state index in [-0.39, 0.29) is 6.61 Å². The minimum Gasteiger partial charge on any atom is -0.484 e. The van der Waals surface area contributed by atoms with Crippen molar-refractivity contribution in [1.29, 1.82) is 0 Å². The van der Waals surface area contributed by atoms with E-state index in [1.165, 1.54) is 6.92 Å². The lowest BCUT2D eigenvalue weighted by Gasteiger charge is -2.21. The van der Waals surface area contributed by atoms with E-state index >= 15 is 0 Å². The van der Waals surface area contributed by atoms with Crippen LogP contribution in [0.25, 0.3) is 0 Å². The molecule has 0 aliphatic carbocycles. The Kier molecular flexibility index (Phi) is 8.25. The van der Waals surface area contributed by atoms with E-state index < -0.39 is 42.0 Å². The number of ether oxygens (including phenoxy) is 2. The van der Waals surface area contributed by atoms with E-state index in [1.807, 2.05) is 6.07 Å². The summed E-state index contributed by atoms with van der Waals surface area (Å²) in [6, 6.07) is 8.03. The van der Waals surface area contributed by atoms with Gasteiger partial charge in [-0.25, -0.2) is 4.79 Å².